The molecule has 92 valence electrons. The van der Waals surface area contributed by atoms with Crippen LogP contribution >= 0.6 is 0 Å². The highest BCUT2D eigenvalue weighted by Gasteiger charge is 2.06. The molecule has 0 saturated heterocycles. The first kappa shape index (κ1) is 12.1. The summed E-state index contributed by atoms with van der Waals surface area (Å²) in [6.07, 6.45) is 7.43. The van der Waals surface area contributed by atoms with Crippen LogP contribution in [0.5, 0.6) is 0 Å². The molecule has 0 aliphatic heterocycles. The SMILES string of the molecule is C/C=C/C=C/Cn1c(=O)oc(=O)c2ccccc21. The van der Waals surface area contributed by atoms with Crippen LogP contribution in [0.25, 0.3) is 10.9 Å². The third kappa shape index (κ3) is 2.32. The molecule has 18 heavy (non-hydrogen) atoms. The van der Waals surface area contributed by atoms with Gasteiger partial charge >= 0.3 is 11.4 Å². The molecule has 1 heterocycles. The van der Waals surface area contributed by atoms with Gasteiger partial charge in [0.05, 0.1) is 10.9 Å². The van der Waals surface area contributed by atoms with Crippen LogP contribution in [0.3, 0.4) is 0 Å². The monoisotopic (exact) mass is 243 g/mol. The molecule has 1 aromatic carbocycles. The Labute approximate surface area is 103 Å². The van der Waals surface area contributed by atoms with E-state index in [1.807, 2.05) is 31.2 Å². The second-order valence-electron chi connectivity index (χ2n) is 3.74. The second-order valence-corrected chi connectivity index (χ2v) is 3.74. The van der Waals surface area contributed by atoms with Gasteiger partial charge in [-0.25, -0.2) is 9.59 Å². The van der Waals surface area contributed by atoms with Crippen molar-refractivity contribution in [1.29, 1.82) is 0 Å². The van der Waals surface area contributed by atoms with Crippen LogP contribution in [-0.2, 0) is 6.54 Å². The maximum atomic E-state index is 11.7. The lowest BCUT2D eigenvalue weighted by atomic mass is 10.2. The van der Waals surface area contributed by atoms with Crippen molar-refractivity contribution in [3.8, 4) is 0 Å². The number of hydrogen-bond donors (Lipinski definition) is 0. The Morgan fingerprint density at radius 1 is 1.22 bits per heavy atom. The van der Waals surface area contributed by atoms with Gasteiger partial charge in [-0.3, -0.25) is 4.57 Å². The number of rotatable bonds is 3. The molecule has 0 spiro atoms. The highest BCUT2D eigenvalue weighted by Crippen LogP contribution is 2.07. The van der Waals surface area contributed by atoms with Crippen molar-refractivity contribution in [2.24, 2.45) is 0 Å². The predicted octanol–water partition coefficient (Wildman–Crippen LogP) is 2.09. The fourth-order valence-electron chi connectivity index (χ4n) is 1.70. The minimum absolute atomic E-state index is 0.369. The lowest BCUT2D eigenvalue weighted by Crippen LogP contribution is -2.24. The van der Waals surface area contributed by atoms with Gasteiger partial charge in [-0.1, -0.05) is 36.4 Å². The average Bonchev–Trinajstić information content (AvgIpc) is 2.38. The van der Waals surface area contributed by atoms with E-state index in [-0.39, 0.29) is 0 Å². The third-order valence-corrected chi connectivity index (χ3v) is 2.54. The summed E-state index contributed by atoms with van der Waals surface area (Å²) in [5.74, 6) is -0.635. The zero-order valence-electron chi connectivity index (χ0n) is 10.00. The molecular formula is C14H13NO3. The fourth-order valence-corrected chi connectivity index (χ4v) is 1.70. The van der Waals surface area contributed by atoms with Gasteiger partial charge in [-0.2, -0.15) is 0 Å². The molecule has 0 atom stereocenters. The van der Waals surface area contributed by atoms with E-state index in [2.05, 4.69) is 4.42 Å². The van der Waals surface area contributed by atoms with E-state index < -0.39 is 11.4 Å². The summed E-state index contributed by atoms with van der Waals surface area (Å²) in [5, 5.41) is 0.413. The van der Waals surface area contributed by atoms with E-state index in [0.29, 0.717) is 17.4 Å². The number of aromatic nitrogens is 1. The van der Waals surface area contributed by atoms with Gasteiger partial charge in [-0.05, 0) is 19.1 Å². The number of hydrogen-bond acceptors (Lipinski definition) is 3. The topological polar surface area (TPSA) is 52.2 Å². The van der Waals surface area contributed by atoms with Crippen LogP contribution < -0.4 is 11.4 Å². The molecule has 4 nitrogen and oxygen atoms in total. The summed E-state index contributed by atoms with van der Waals surface area (Å²) >= 11 is 0. The highest BCUT2D eigenvalue weighted by atomic mass is 16.4. The summed E-state index contributed by atoms with van der Waals surface area (Å²) in [5.41, 5.74) is -0.00633. The Morgan fingerprint density at radius 2 is 2.00 bits per heavy atom. The van der Waals surface area contributed by atoms with Gasteiger partial charge in [0.1, 0.15) is 0 Å². The van der Waals surface area contributed by atoms with Crippen LogP contribution in [0.4, 0.5) is 0 Å². The Hall–Kier alpha value is -2.36. The van der Waals surface area contributed by atoms with Crippen LogP contribution in [0.1, 0.15) is 6.92 Å². The van der Waals surface area contributed by atoms with Gasteiger partial charge in [0.2, 0.25) is 0 Å². The summed E-state index contributed by atoms with van der Waals surface area (Å²) in [6.45, 7) is 2.28. The van der Waals surface area contributed by atoms with Crippen LogP contribution in [0.2, 0.25) is 0 Å². The van der Waals surface area contributed by atoms with Crippen molar-refractivity contribution in [1.82, 2.24) is 4.57 Å². The molecule has 0 aliphatic carbocycles. The second kappa shape index (κ2) is 5.31. The van der Waals surface area contributed by atoms with Crippen LogP contribution in [0, 0.1) is 0 Å². The Bertz CT molecular complexity index is 720. The normalized spacial score (nSPS) is 11.8. The van der Waals surface area contributed by atoms with E-state index in [1.54, 1.807) is 24.3 Å². The van der Waals surface area contributed by atoms with Gasteiger partial charge in [-0.15, -0.1) is 0 Å². The molecule has 4 heteroatoms. The number of fused-ring (bicyclic) bond motifs is 1. The van der Waals surface area contributed by atoms with E-state index in [9.17, 15) is 9.59 Å². The molecule has 0 aliphatic rings. The maximum Gasteiger partial charge on any atom is 0.422 e. The first-order valence-electron chi connectivity index (χ1n) is 5.64. The lowest BCUT2D eigenvalue weighted by molar-refractivity contribution is 0.426. The van der Waals surface area contributed by atoms with Crippen molar-refractivity contribution in [2.45, 2.75) is 13.5 Å². The fraction of sp³-hybridized carbons (Fsp3) is 0.143. The Balaban J connectivity index is 2.56. The average molecular weight is 243 g/mol. The number of allylic oxidation sites excluding steroid dienone is 4. The van der Waals surface area contributed by atoms with Gasteiger partial charge in [0.25, 0.3) is 0 Å². The molecule has 0 amide bonds. The molecule has 0 unspecified atom stereocenters. The predicted molar refractivity (Wildman–Crippen MR) is 70.7 cm³/mol. The Kier molecular flexibility index (Phi) is 3.57. The maximum absolute atomic E-state index is 11.7. The highest BCUT2D eigenvalue weighted by molar-refractivity contribution is 5.77. The largest absolute Gasteiger partial charge is 0.422 e. The zero-order valence-corrected chi connectivity index (χ0v) is 10.00. The van der Waals surface area contributed by atoms with E-state index in [1.165, 1.54) is 4.57 Å². The van der Waals surface area contributed by atoms with Gasteiger partial charge in [0.15, 0.2) is 0 Å². The molecule has 0 N–H and O–H groups in total. The van der Waals surface area contributed by atoms with Crippen molar-refractivity contribution in [3.63, 3.8) is 0 Å². The quantitative estimate of drug-likeness (QED) is 0.775. The van der Waals surface area contributed by atoms with E-state index in [0.717, 1.165) is 0 Å². The van der Waals surface area contributed by atoms with Crippen molar-refractivity contribution in [3.05, 3.63) is 69.5 Å². The number of para-hydroxylation sites is 1. The third-order valence-electron chi connectivity index (χ3n) is 2.54. The van der Waals surface area contributed by atoms with Crippen molar-refractivity contribution >= 4 is 10.9 Å². The molecule has 0 radical (unpaired) electrons. The minimum atomic E-state index is -0.635. The standard InChI is InChI=1S/C14H13NO3/c1-2-3-4-7-10-15-12-9-6-5-8-11(12)13(16)18-14(15)17/h2-9H,10H2,1H3/b3-2+,7-4+. The smallest absolute Gasteiger partial charge is 0.372 e. The van der Waals surface area contributed by atoms with E-state index >= 15 is 0 Å². The molecule has 0 fully saturated rings. The summed E-state index contributed by atoms with van der Waals surface area (Å²) in [6, 6.07) is 6.90. The van der Waals surface area contributed by atoms with Gasteiger partial charge < -0.3 is 4.42 Å². The first-order valence-corrected chi connectivity index (χ1v) is 5.64. The molecule has 1 aromatic heterocycles. The molecule has 0 bridgehead atoms. The Morgan fingerprint density at radius 3 is 2.78 bits per heavy atom. The molecule has 2 aromatic rings. The number of benzene rings is 1. The van der Waals surface area contributed by atoms with E-state index in [4.69, 9.17) is 0 Å². The van der Waals surface area contributed by atoms with Gasteiger partial charge in [0, 0.05) is 6.54 Å². The summed E-state index contributed by atoms with van der Waals surface area (Å²) in [4.78, 5) is 23.2. The molecular weight excluding hydrogens is 230 g/mol. The first-order chi connectivity index (χ1) is 8.74. The number of nitrogens with zero attached hydrogens (tertiary/aromatic N) is 1. The molecule has 2 rings (SSSR count). The van der Waals surface area contributed by atoms with Crippen LogP contribution in [0.15, 0.2) is 62.6 Å². The van der Waals surface area contributed by atoms with Crippen molar-refractivity contribution < 1.29 is 4.42 Å². The van der Waals surface area contributed by atoms with Crippen LogP contribution in [-0.4, -0.2) is 4.57 Å². The molecule has 0 saturated carbocycles. The zero-order chi connectivity index (χ0) is 13.0. The summed E-state index contributed by atoms with van der Waals surface area (Å²) < 4.78 is 6.11. The summed E-state index contributed by atoms with van der Waals surface area (Å²) in [7, 11) is 0. The van der Waals surface area contributed by atoms with Crippen molar-refractivity contribution in [2.75, 3.05) is 0 Å². The lowest BCUT2D eigenvalue weighted by Gasteiger charge is -2.04. The minimum Gasteiger partial charge on any atom is -0.372 e.